The number of methoxy groups -OCH3 is 1. The van der Waals surface area contributed by atoms with Crippen LogP contribution in [0.5, 0.6) is 5.75 Å². The molecule has 2 unspecified atom stereocenters. The van der Waals surface area contributed by atoms with Gasteiger partial charge in [0.1, 0.15) is 5.75 Å². The van der Waals surface area contributed by atoms with Gasteiger partial charge in [-0.2, -0.15) is 0 Å². The van der Waals surface area contributed by atoms with Gasteiger partial charge in [-0.15, -0.1) is 0 Å². The molecule has 2 rings (SSSR count). The monoisotopic (exact) mass is 289 g/mol. The number of likely N-dealkylation sites (tertiary alicyclic amines) is 1. The first-order chi connectivity index (χ1) is 9.82. The van der Waals surface area contributed by atoms with Crippen LogP contribution < -0.4 is 4.74 Å². The van der Waals surface area contributed by atoms with Crippen molar-refractivity contribution in [3.63, 3.8) is 0 Å². The van der Waals surface area contributed by atoms with Crippen molar-refractivity contribution in [1.82, 2.24) is 4.90 Å². The summed E-state index contributed by atoms with van der Waals surface area (Å²) in [7, 11) is 1.64. The lowest BCUT2D eigenvalue weighted by Crippen LogP contribution is -2.38. The molecule has 0 bridgehead atoms. The predicted octanol–water partition coefficient (Wildman–Crippen LogP) is 3.63. The molecule has 1 saturated heterocycles. The molecule has 1 aromatic carbocycles. The number of ketones is 1. The number of ether oxygens (including phenoxy) is 1. The van der Waals surface area contributed by atoms with E-state index in [-0.39, 0.29) is 11.8 Å². The zero-order valence-corrected chi connectivity index (χ0v) is 13.8. The summed E-state index contributed by atoms with van der Waals surface area (Å²) in [5.41, 5.74) is 1.08. The Kier molecular flexibility index (Phi) is 4.72. The summed E-state index contributed by atoms with van der Waals surface area (Å²) in [6.07, 6.45) is 1.18. The standard InChI is InChI=1S/C18H27NO2/c1-13(19-11-10-15(12-19)18(2,3)4)17(20)14-6-8-16(21-5)9-7-14/h6-9,13,15H,10-12H2,1-5H3. The fourth-order valence-electron chi connectivity index (χ4n) is 3.01. The van der Waals surface area contributed by atoms with E-state index in [1.807, 2.05) is 31.2 Å². The van der Waals surface area contributed by atoms with Crippen LogP contribution in [-0.2, 0) is 0 Å². The van der Waals surface area contributed by atoms with Crippen molar-refractivity contribution in [2.75, 3.05) is 20.2 Å². The number of Topliss-reactive ketones (excluding diaryl/α,β-unsaturated/α-hetero) is 1. The Bertz CT molecular complexity index is 487. The number of nitrogens with zero attached hydrogens (tertiary/aromatic N) is 1. The molecule has 0 aliphatic carbocycles. The summed E-state index contributed by atoms with van der Waals surface area (Å²) in [6.45, 7) is 10.9. The van der Waals surface area contributed by atoms with Crippen LogP contribution >= 0.6 is 0 Å². The Morgan fingerprint density at radius 1 is 1.29 bits per heavy atom. The summed E-state index contributed by atoms with van der Waals surface area (Å²) >= 11 is 0. The van der Waals surface area contributed by atoms with E-state index < -0.39 is 0 Å². The van der Waals surface area contributed by atoms with E-state index in [1.54, 1.807) is 7.11 Å². The van der Waals surface area contributed by atoms with Gasteiger partial charge in [0, 0.05) is 12.1 Å². The summed E-state index contributed by atoms with van der Waals surface area (Å²) in [5, 5.41) is 0. The Morgan fingerprint density at radius 3 is 2.38 bits per heavy atom. The normalized spacial score (nSPS) is 21.3. The number of carbonyl (C=O) groups excluding carboxylic acids is 1. The molecule has 0 amide bonds. The summed E-state index contributed by atoms with van der Waals surface area (Å²) < 4.78 is 5.14. The largest absolute Gasteiger partial charge is 0.497 e. The lowest BCUT2D eigenvalue weighted by atomic mass is 9.80. The molecule has 1 aliphatic heterocycles. The van der Waals surface area contributed by atoms with Gasteiger partial charge in [-0.1, -0.05) is 20.8 Å². The zero-order chi connectivity index (χ0) is 15.6. The van der Waals surface area contributed by atoms with Crippen molar-refractivity contribution in [2.24, 2.45) is 11.3 Å². The van der Waals surface area contributed by atoms with E-state index in [1.165, 1.54) is 6.42 Å². The number of rotatable bonds is 4. The average Bonchev–Trinajstić information content (AvgIpc) is 2.95. The molecule has 0 spiro atoms. The molecule has 116 valence electrons. The van der Waals surface area contributed by atoms with Gasteiger partial charge in [-0.05, 0) is 55.5 Å². The van der Waals surface area contributed by atoms with Gasteiger partial charge < -0.3 is 4.74 Å². The third-order valence-corrected chi connectivity index (χ3v) is 4.75. The van der Waals surface area contributed by atoms with E-state index in [4.69, 9.17) is 4.74 Å². The van der Waals surface area contributed by atoms with Gasteiger partial charge in [0.25, 0.3) is 0 Å². The molecular weight excluding hydrogens is 262 g/mol. The highest BCUT2D eigenvalue weighted by atomic mass is 16.5. The maximum atomic E-state index is 12.6. The van der Waals surface area contributed by atoms with Crippen molar-refractivity contribution in [3.8, 4) is 5.75 Å². The van der Waals surface area contributed by atoms with Gasteiger partial charge >= 0.3 is 0 Å². The van der Waals surface area contributed by atoms with Crippen LogP contribution in [0.4, 0.5) is 0 Å². The molecule has 1 aromatic rings. The molecule has 3 nitrogen and oxygen atoms in total. The van der Waals surface area contributed by atoms with Crippen LogP contribution in [0.15, 0.2) is 24.3 Å². The minimum atomic E-state index is -0.0502. The first kappa shape index (κ1) is 16.0. The zero-order valence-electron chi connectivity index (χ0n) is 13.8. The van der Waals surface area contributed by atoms with Crippen LogP contribution in [-0.4, -0.2) is 36.9 Å². The van der Waals surface area contributed by atoms with Crippen LogP contribution in [0, 0.1) is 11.3 Å². The molecule has 0 saturated carbocycles. The number of hydrogen-bond acceptors (Lipinski definition) is 3. The summed E-state index contributed by atoms with van der Waals surface area (Å²) in [6, 6.07) is 7.36. The first-order valence-electron chi connectivity index (χ1n) is 7.75. The first-order valence-corrected chi connectivity index (χ1v) is 7.75. The molecule has 2 atom stereocenters. The van der Waals surface area contributed by atoms with Crippen molar-refractivity contribution < 1.29 is 9.53 Å². The Labute approximate surface area is 128 Å². The van der Waals surface area contributed by atoms with E-state index in [2.05, 4.69) is 25.7 Å². The molecule has 0 N–H and O–H groups in total. The fourth-order valence-corrected chi connectivity index (χ4v) is 3.01. The molecule has 0 radical (unpaired) electrons. The SMILES string of the molecule is COc1ccc(C(=O)C(C)N2CCC(C(C)(C)C)C2)cc1. The number of hydrogen-bond donors (Lipinski definition) is 0. The predicted molar refractivity (Wildman–Crippen MR) is 85.9 cm³/mol. The van der Waals surface area contributed by atoms with Crippen LogP contribution in [0.1, 0.15) is 44.5 Å². The van der Waals surface area contributed by atoms with Crippen molar-refractivity contribution >= 4 is 5.78 Å². The van der Waals surface area contributed by atoms with Crippen molar-refractivity contribution in [1.29, 1.82) is 0 Å². The maximum Gasteiger partial charge on any atom is 0.179 e. The van der Waals surface area contributed by atoms with Gasteiger partial charge in [0.05, 0.1) is 13.2 Å². The topological polar surface area (TPSA) is 29.5 Å². The molecule has 1 aliphatic rings. The van der Waals surface area contributed by atoms with E-state index in [0.29, 0.717) is 11.3 Å². The highest BCUT2D eigenvalue weighted by Crippen LogP contribution is 2.34. The van der Waals surface area contributed by atoms with Crippen LogP contribution in [0.3, 0.4) is 0 Å². The average molecular weight is 289 g/mol. The lowest BCUT2D eigenvalue weighted by molar-refractivity contribution is 0.0853. The van der Waals surface area contributed by atoms with E-state index in [9.17, 15) is 4.79 Å². The highest BCUT2D eigenvalue weighted by molar-refractivity contribution is 5.99. The minimum Gasteiger partial charge on any atom is -0.497 e. The second-order valence-electron chi connectivity index (χ2n) is 7.12. The molecule has 1 heterocycles. The maximum absolute atomic E-state index is 12.6. The van der Waals surface area contributed by atoms with E-state index >= 15 is 0 Å². The van der Waals surface area contributed by atoms with Crippen LogP contribution in [0.25, 0.3) is 0 Å². The highest BCUT2D eigenvalue weighted by Gasteiger charge is 2.35. The van der Waals surface area contributed by atoms with Crippen molar-refractivity contribution in [2.45, 2.75) is 40.2 Å². The molecule has 3 heteroatoms. The van der Waals surface area contributed by atoms with Crippen LogP contribution in [0.2, 0.25) is 0 Å². The third kappa shape index (κ3) is 3.65. The van der Waals surface area contributed by atoms with Gasteiger partial charge in [0.2, 0.25) is 0 Å². The van der Waals surface area contributed by atoms with Gasteiger partial charge in [-0.25, -0.2) is 0 Å². The van der Waals surface area contributed by atoms with Gasteiger partial charge in [-0.3, -0.25) is 9.69 Å². The third-order valence-electron chi connectivity index (χ3n) is 4.75. The number of carbonyl (C=O) groups is 1. The minimum absolute atomic E-state index is 0.0502. The Morgan fingerprint density at radius 2 is 1.90 bits per heavy atom. The summed E-state index contributed by atoms with van der Waals surface area (Å²) in [5.74, 6) is 1.66. The molecular formula is C18H27NO2. The Hall–Kier alpha value is -1.35. The molecule has 0 aromatic heterocycles. The second kappa shape index (κ2) is 6.18. The van der Waals surface area contributed by atoms with E-state index in [0.717, 1.165) is 24.4 Å². The molecule has 21 heavy (non-hydrogen) atoms. The second-order valence-corrected chi connectivity index (χ2v) is 7.12. The quantitative estimate of drug-likeness (QED) is 0.793. The molecule has 1 fully saturated rings. The Balaban J connectivity index is 2.02. The van der Waals surface area contributed by atoms with Crippen molar-refractivity contribution in [3.05, 3.63) is 29.8 Å². The fraction of sp³-hybridized carbons (Fsp3) is 0.611. The number of benzene rings is 1. The lowest BCUT2D eigenvalue weighted by Gasteiger charge is -2.28. The van der Waals surface area contributed by atoms with Gasteiger partial charge in [0.15, 0.2) is 5.78 Å². The summed E-state index contributed by atoms with van der Waals surface area (Å²) in [4.78, 5) is 14.9. The smallest absolute Gasteiger partial charge is 0.179 e.